The molecule has 1 amide bonds. The number of para-hydroxylation sites is 3. The minimum atomic E-state index is -0.311. The van der Waals surface area contributed by atoms with Crippen molar-refractivity contribution in [3.63, 3.8) is 0 Å². The zero-order valence-corrected chi connectivity index (χ0v) is 28.2. The van der Waals surface area contributed by atoms with E-state index in [0.717, 1.165) is 60.9 Å². The van der Waals surface area contributed by atoms with Crippen molar-refractivity contribution in [1.82, 2.24) is 39.6 Å². The predicted octanol–water partition coefficient (Wildman–Crippen LogP) is 5.47. The van der Waals surface area contributed by atoms with Crippen molar-refractivity contribution in [2.75, 3.05) is 51.8 Å². The number of aromatic nitrogens is 6. The number of benzene rings is 3. The van der Waals surface area contributed by atoms with Crippen LogP contribution < -0.4 is 9.64 Å². The lowest BCUT2D eigenvalue weighted by molar-refractivity contribution is 0.0752. The Balaban J connectivity index is 1.15. The number of rotatable bonds is 12. The molecule has 258 valence electrons. The summed E-state index contributed by atoms with van der Waals surface area (Å²) in [6.45, 7) is 4.03. The predicted molar refractivity (Wildman–Crippen MR) is 187 cm³/mol. The van der Waals surface area contributed by atoms with Crippen molar-refractivity contribution in [1.29, 1.82) is 0 Å². The topological polar surface area (TPSA) is 111 Å². The van der Waals surface area contributed by atoms with Gasteiger partial charge in [-0.3, -0.25) is 9.69 Å². The normalized spacial score (nSPS) is 15.1. The zero-order valence-electron chi connectivity index (χ0n) is 28.2. The summed E-state index contributed by atoms with van der Waals surface area (Å²) in [7, 11) is 3.34. The molecule has 0 N–H and O–H groups in total. The van der Waals surface area contributed by atoms with Gasteiger partial charge >= 0.3 is 0 Å². The van der Waals surface area contributed by atoms with Crippen LogP contribution >= 0.6 is 0 Å². The molecule has 3 aromatic carbocycles. The first-order valence-corrected chi connectivity index (χ1v) is 16.8. The van der Waals surface area contributed by atoms with Crippen LogP contribution in [0.5, 0.6) is 5.75 Å². The second-order valence-corrected chi connectivity index (χ2v) is 12.6. The molecule has 1 saturated heterocycles. The standard InChI is InChI=1S/C37H40FN9O3/c1-43(36(48)31-10-3-6-13-34(31)49-2)24-28(27-14-16-29(38)17-15-27)23-35(47-26-39-41-42-47)44-18-8-19-45(21-20-44)37-40-32-11-4-5-12-33(32)46(37)25-30-9-7-22-50-30/h3-7,9-17,22,26,28,35H,8,18-21,23-25H2,1-2H3. The fourth-order valence-electron chi connectivity index (χ4n) is 6.93. The molecule has 7 rings (SSSR count). The summed E-state index contributed by atoms with van der Waals surface area (Å²) in [6, 6.07) is 25.8. The van der Waals surface area contributed by atoms with E-state index in [0.29, 0.717) is 30.8 Å². The number of likely N-dealkylation sites (N-methyl/N-ethyl adjacent to an activating group) is 1. The van der Waals surface area contributed by atoms with Crippen LogP contribution in [0.2, 0.25) is 0 Å². The lowest BCUT2D eigenvalue weighted by Gasteiger charge is -2.34. The summed E-state index contributed by atoms with van der Waals surface area (Å²) in [4.78, 5) is 25.2. The summed E-state index contributed by atoms with van der Waals surface area (Å²) in [6.07, 6.45) is 4.58. The number of hydrogen-bond acceptors (Lipinski definition) is 9. The minimum absolute atomic E-state index is 0.156. The number of ether oxygens (including phenoxy) is 1. The molecular weight excluding hydrogens is 637 g/mol. The number of anilines is 1. The molecule has 0 bridgehead atoms. The van der Waals surface area contributed by atoms with Gasteiger partial charge in [-0.25, -0.2) is 14.1 Å². The quantitative estimate of drug-likeness (QED) is 0.167. The molecule has 1 aliphatic heterocycles. The SMILES string of the molecule is COc1ccccc1C(=O)N(C)CC(CC(N1CCCN(c2nc3ccccc3n2Cc2ccco2)CC1)n1cnnn1)c1ccc(F)cc1. The maximum atomic E-state index is 14.1. The van der Waals surface area contributed by atoms with Gasteiger partial charge in [-0.2, -0.15) is 0 Å². The largest absolute Gasteiger partial charge is 0.496 e. The Morgan fingerprint density at radius 1 is 0.980 bits per heavy atom. The Bertz CT molecular complexity index is 2000. The average Bonchev–Trinajstić information content (AvgIpc) is 3.91. The van der Waals surface area contributed by atoms with Crippen molar-refractivity contribution in [2.24, 2.45) is 0 Å². The van der Waals surface area contributed by atoms with Crippen LogP contribution in [-0.4, -0.2) is 92.3 Å². The second-order valence-electron chi connectivity index (χ2n) is 12.6. The smallest absolute Gasteiger partial charge is 0.257 e. The molecule has 12 nitrogen and oxygen atoms in total. The van der Waals surface area contributed by atoms with E-state index in [4.69, 9.17) is 14.1 Å². The Labute approximate surface area is 289 Å². The van der Waals surface area contributed by atoms with Crippen molar-refractivity contribution < 1.29 is 18.3 Å². The summed E-state index contributed by atoms with van der Waals surface area (Å²) >= 11 is 0. The first kappa shape index (κ1) is 33.0. The molecule has 13 heteroatoms. The molecule has 1 aliphatic rings. The van der Waals surface area contributed by atoms with Crippen LogP contribution in [0, 0.1) is 5.82 Å². The number of carbonyl (C=O) groups excluding carboxylic acids is 1. The van der Waals surface area contributed by atoms with E-state index in [1.54, 1.807) is 60.6 Å². The van der Waals surface area contributed by atoms with E-state index in [-0.39, 0.29) is 23.8 Å². The van der Waals surface area contributed by atoms with Crippen molar-refractivity contribution in [3.8, 4) is 5.75 Å². The van der Waals surface area contributed by atoms with E-state index in [1.165, 1.54) is 12.1 Å². The third-order valence-corrected chi connectivity index (χ3v) is 9.45. The minimum Gasteiger partial charge on any atom is -0.496 e. The molecule has 2 atom stereocenters. The Kier molecular flexibility index (Phi) is 9.83. The number of tetrazole rings is 1. The van der Waals surface area contributed by atoms with Crippen molar-refractivity contribution >= 4 is 22.9 Å². The van der Waals surface area contributed by atoms with Gasteiger partial charge in [0, 0.05) is 45.7 Å². The van der Waals surface area contributed by atoms with Gasteiger partial charge in [0.05, 0.1) is 36.5 Å². The number of fused-ring (bicyclic) bond motifs is 1. The summed E-state index contributed by atoms with van der Waals surface area (Å²) in [5, 5.41) is 12.3. The maximum Gasteiger partial charge on any atom is 0.257 e. The fourth-order valence-corrected chi connectivity index (χ4v) is 6.93. The third-order valence-electron chi connectivity index (χ3n) is 9.45. The van der Waals surface area contributed by atoms with Gasteiger partial charge < -0.3 is 23.5 Å². The molecule has 4 heterocycles. The maximum absolute atomic E-state index is 14.1. The number of methoxy groups -OCH3 is 1. The Morgan fingerprint density at radius 2 is 1.80 bits per heavy atom. The van der Waals surface area contributed by atoms with Crippen molar-refractivity contribution in [2.45, 2.75) is 31.5 Å². The number of imidazole rings is 1. The molecule has 0 saturated carbocycles. The third kappa shape index (κ3) is 7.08. The van der Waals surface area contributed by atoms with E-state index >= 15 is 0 Å². The number of amides is 1. The van der Waals surface area contributed by atoms with Gasteiger partial charge in [0.2, 0.25) is 5.95 Å². The van der Waals surface area contributed by atoms with Gasteiger partial charge in [0.1, 0.15) is 29.8 Å². The molecule has 2 unspecified atom stereocenters. The zero-order chi connectivity index (χ0) is 34.5. The summed E-state index contributed by atoms with van der Waals surface area (Å²) < 4.78 is 29.3. The number of carbonyl (C=O) groups is 1. The number of nitrogens with zero attached hydrogens (tertiary/aromatic N) is 9. The highest BCUT2D eigenvalue weighted by atomic mass is 19.1. The van der Waals surface area contributed by atoms with E-state index in [9.17, 15) is 9.18 Å². The lowest BCUT2D eigenvalue weighted by Crippen LogP contribution is -2.39. The highest BCUT2D eigenvalue weighted by molar-refractivity contribution is 5.96. The number of furan rings is 1. The van der Waals surface area contributed by atoms with Crippen LogP contribution in [0.25, 0.3) is 11.0 Å². The Hall–Kier alpha value is -5.56. The van der Waals surface area contributed by atoms with E-state index in [1.807, 2.05) is 42.5 Å². The molecule has 3 aromatic heterocycles. The van der Waals surface area contributed by atoms with Crippen LogP contribution in [0.1, 0.15) is 46.6 Å². The molecule has 6 aromatic rings. The van der Waals surface area contributed by atoms with Gasteiger partial charge in [-0.1, -0.05) is 36.4 Å². The number of halogens is 1. The molecule has 0 spiro atoms. The summed E-state index contributed by atoms with van der Waals surface area (Å²) in [5.41, 5.74) is 3.40. The van der Waals surface area contributed by atoms with Gasteiger partial charge in [0.15, 0.2) is 0 Å². The first-order valence-electron chi connectivity index (χ1n) is 16.8. The monoisotopic (exact) mass is 677 g/mol. The van der Waals surface area contributed by atoms with Gasteiger partial charge in [-0.15, -0.1) is 5.10 Å². The molecule has 0 radical (unpaired) electrons. The number of hydrogen-bond donors (Lipinski definition) is 0. The highest BCUT2D eigenvalue weighted by Crippen LogP contribution is 2.32. The van der Waals surface area contributed by atoms with Crippen LogP contribution in [-0.2, 0) is 6.54 Å². The second kappa shape index (κ2) is 14.9. The van der Waals surface area contributed by atoms with Crippen LogP contribution in [0.3, 0.4) is 0 Å². The molecule has 50 heavy (non-hydrogen) atoms. The molecule has 1 fully saturated rings. The highest BCUT2D eigenvalue weighted by Gasteiger charge is 2.31. The van der Waals surface area contributed by atoms with Gasteiger partial charge in [-0.05, 0) is 77.4 Å². The van der Waals surface area contributed by atoms with E-state index < -0.39 is 0 Å². The van der Waals surface area contributed by atoms with Gasteiger partial charge in [0.25, 0.3) is 5.91 Å². The average molecular weight is 678 g/mol. The van der Waals surface area contributed by atoms with Crippen LogP contribution in [0.4, 0.5) is 10.3 Å². The Morgan fingerprint density at radius 3 is 2.58 bits per heavy atom. The first-order chi connectivity index (χ1) is 24.5. The lowest BCUT2D eigenvalue weighted by atomic mass is 9.92. The van der Waals surface area contributed by atoms with E-state index in [2.05, 4.69) is 36.0 Å². The molecule has 0 aliphatic carbocycles. The summed E-state index contributed by atoms with van der Waals surface area (Å²) in [5.74, 6) is 1.66. The van der Waals surface area contributed by atoms with Crippen LogP contribution in [0.15, 0.2) is 102 Å². The van der Waals surface area contributed by atoms with Crippen molar-refractivity contribution in [3.05, 3.63) is 120 Å². The molecular formula is C37H40FN9O3. The fraction of sp³-hybridized carbons (Fsp3) is 0.324.